The van der Waals surface area contributed by atoms with Gasteiger partial charge >= 0.3 is 5.97 Å². The first-order chi connectivity index (χ1) is 5.45. The molecule has 12 heavy (non-hydrogen) atoms. The number of carbonyl (C=O) groups excluding carboxylic acids is 1. The zero-order valence-electron chi connectivity index (χ0n) is 7.63. The monoisotopic (exact) mass is 238 g/mol. The van der Waals surface area contributed by atoms with Gasteiger partial charge in [0.2, 0.25) is 0 Å². The van der Waals surface area contributed by atoms with Crippen LogP contribution in [0, 0.1) is 0 Å². The molecule has 0 saturated heterocycles. The highest BCUT2D eigenvalue weighted by Gasteiger charge is 2.34. The zero-order chi connectivity index (χ0) is 9.78. The summed E-state index contributed by atoms with van der Waals surface area (Å²) in [7, 11) is 0. The summed E-state index contributed by atoms with van der Waals surface area (Å²) in [4.78, 5) is 10.5. The lowest BCUT2D eigenvalue weighted by Crippen LogP contribution is -2.40. The smallest absolute Gasteiger partial charge is 0.322 e. The van der Waals surface area contributed by atoms with Crippen LogP contribution in [0.4, 0.5) is 0 Å². The van der Waals surface area contributed by atoms with Gasteiger partial charge in [-0.15, -0.1) is 0 Å². The fourth-order valence-electron chi connectivity index (χ4n) is 0.649. The van der Waals surface area contributed by atoms with Gasteiger partial charge in [-0.1, -0.05) is 22.9 Å². The van der Waals surface area contributed by atoms with E-state index in [0.29, 0.717) is 13.0 Å². The maximum atomic E-state index is 11.1. The van der Waals surface area contributed by atoms with E-state index in [2.05, 4.69) is 15.9 Å². The zero-order valence-corrected chi connectivity index (χ0v) is 9.22. The molecule has 0 aliphatic carbocycles. The Hall–Kier alpha value is -0.0900. The molecule has 0 fully saturated rings. The van der Waals surface area contributed by atoms with E-state index in [1.807, 2.05) is 6.92 Å². The van der Waals surface area contributed by atoms with Crippen molar-refractivity contribution in [3.8, 4) is 0 Å². The van der Waals surface area contributed by atoms with Crippen LogP contribution in [0.25, 0.3) is 0 Å². The number of hydrogen-bond acceptors (Lipinski definition) is 3. The predicted octanol–water partition coefficient (Wildman–Crippen LogP) is 1.47. The van der Waals surface area contributed by atoms with Crippen molar-refractivity contribution < 1.29 is 14.6 Å². The number of halogens is 1. The van der Waals surface area contributed by atoms with E-state index in [-0.39, 0.29) is 0 Å². The standard InChI is InChI=1S/C8H15BrO3/c1-4-8(3,11)6(9)7(10)12-5-2/h6,11H,4-5H2,1-3H3/t6-,8+/m0/s1. The van der Waals surface area contributed by atoms with E-state index < -0.39 is 16.4 Å². The third-order valence-electron chi connectivity index (χ3n) is 1.76. The van der Waals surface area contributed by atoms with Gasteiger partial charge < -0.3 is 9.84 Å². The number of alkyl halides is 1. The Kier molecular flexibility index (Phi) is 4.78. The first-order valence-corrected chi connectivity index (χ1v) is 4.90. The molecule has 0 aromatic heterocycles. The molecule has 0 aliphatic heterocycles. The molecular formula is C8H15BrO3. The fourth-order valence-corrected chi connectivity index (χ4v) is 1.10. The summed E-state index contributed by atoms with van der Waals surface area (Å²) in [6.45, 7) is 5.48. The van der Waals surface area contributed by atoms with Crippen molar-refractivity contribution in [3.05, 3.63) is 0 Å². The average molecular weight is 239 g/mol. The van der Waals surface area contributed by atoms with Crippen LogP contribution in [-0.2, 0) is 9.53 Å². The molecule has 1 N–H and O–H groups in total. The normalized spacial score (nSPS) is 18.1. The Labute approximate surface area is 81.2 Å². The Morgan fingerprint density at radius 2 is 2.17 bits per heavy atom. The van der Waals surface area contributed by atoms with Crippen LogP contribution in [0.3, 0.4) is 0 Å². The van der Waals surface area contributed by atoms with Gasteiger partial charge in [0.25, 0.3) is 0 Å². The van der Waals surface area contributed by atoms with Crippen molar-refractivity contribution in [2.75, 3.05) is 6.61 Å². The number of hydrogen-bond donors (Lipinski definition) is 1. The highest BCUT2D eigenvalue weighted by molar-refractivity contribution is 9.10. The molecule has 0 heterocycles. The quantitative estimate of drug-likeness (QED) is 0.597. The first-order valence-electron chi connectivity index (χ1n) is 3.98. The van der Waals surface area contributed by atoms with Crippen LogP contribution >= 0.6 is 15.9 Å². The van der Waals surface area contributed by atoms with Crippen LogP contribution in [0.15, 0.2) is 0 Å². The third-order valence-corrected chi connectivity index (χ3v) is 3.12. The molecule has 0 spiro atoms. The molecule has 0 rings (SSSR count). The molecule has 0 aromatic carbocycles. The maximum Gasteiger partial charge on any atom is 0.322 e. The van der Waals surface area contributed by atoms with Gasteiger partial charge in [-0.3, -0.25) is 4.79 Å². The van der Waals surface area contributed by atoms with Gasteiger partial charge in [0.1, 0.15) is 4.83 Å². The molecule has 72 valence electrons. The SMILES string of the molecule is CCOC(=O)[C@H](Br)[C@](C)(O)CC. The minimum atomic E-state index is -1.04. The van der Waals surface area contributed by atoms with E-state index in [0.717, 1.165) is 0 Å². The highest BCUT2D eigenvalue weighted by Crippen LogP contribution is 2.22. The average Bonchev–Trinajstić information content (AvgIpc) is 2.03. The van der Waals surface area contributed by atoms with Gasteiger partial charge in [0.05, 0.1) is 12.2 Å². The molecule has 0 unspecified atom stereocenters. The Bertz CT molecular complexity index is 156. The molecule has 4 heteroatoms. The molecule has 0 amide bonds. The topological polar surface area (TPSA) is 46.5 Å². The summed E-state index contributed by atoms with van der Waals surface area (Å²) < 4.78 is 4.75. The molecular weight excluding hydrogens is 224 g/mol. The molecule has 0 saturated carbocycles. The highest BCUT2D eigenvalue weighted by atomic mass is 79.9. The van der Waals surface area contributed by atoms with Crippen LogP contribution in [0.1, 0.15) is 27.2 Å². The summed E-state index contributed by atoms with van der Waals surface area (Å²) in [5.41, 5.74) is -1.04. The lowest BCUT2D eigenvalue weighted by Gasteiger charge is -2.25. The summed E-state index contributed by atoms with van der Waals surface area (Å²) >= 11 is 3.10. The van der Waals surface area contributed by atoms with Gasteiger partial charge in [-0.25, -0.2) is 0 Å². The van der Waals surface area contributed by atoms with Crippen molar-refractivity contribution in [1.82, 2.24) is 0 Å². The molecule has 0 bridgehead atoms. The van der Waals surface area contributed by atoms with Crippen molar-refractivity contribution in [2.24, 2.45) is 0 Å². The second-order valence-electron chi connectivity index (χ2n) is 2.83. The van der Waals surface area contributed by atoms with E-state index in [9.17, 15) is 9.90 Å². The van der Waals surface area contributed by atoms with Crippen molar-refractivity contribution >= 4 is 21.9 Å². The summed E-state index contributed by atoms with van der Waals surface area (Å²) in [5, 5.41) is 9.64. The van der Waals surface area contributed by atoms with Gasteiger partial charge in [-0.05, 0) is 20.3 Å². The van der Waals surface area contributed by atoms with Crippen molar-refractivity contribution in [2.45, 2.75) is 37.6 Å². The van der Waals surface area contributed by atoms with Crippen LogP contribution in [-0.4, -0.2) is 28.1 Å². The van der Waals surface area contributed by atoms with Gasteiger partial charge in [0.15, 0.2) is 0 Å². The first kappa shape index (κ1) is 11.9. The number of ether oxygens (including phenoxy) is 1. The molecule has 2 atom stereocenters. The fraction of sp³-hybridized carbons (Fsp3) is 0.875. The Balaban J connectivity index is 4.17. The van der Waals surface area contributed by atoms with Crippen molar-refractivity contribution in [1.29, 1.82) is 0 Å². The minimum absolute atomic E-state index is 0.334. The maximum absolute atomic E-state index is 11.1. The van der Waals surface area contributed by atoms with Crippen LogP contribution in [0.5, 0.6) is 0 Å². The Morgan fingerprint density at radius 1 is 1.67 bits per heavy atom. The van der Waals surface area contributed by atoms with Crippen LogP contribution < -0.4 is 0 Å². The summed E-state index contributed by atoms with van der Waals surface area (Å²) in [6, 6.07) is 0. The number of rotatable bonds is 4. The third kappa shape index (κ3) is 3.11. The number of carbonyl (C=O) groups is 1. The second kappa shape index (κ2) is 4.82. The summed E-state index contributed by atoms with van der Waals surface area (Å²) in [5.74, 6) is -0.413. The van der Waals surface area contributed by atoms with E-state index in [1.165, 1.54) is 0 Å². The van der Waals surface area contributed by atoms with Crippen molar-refractivity contribution in [3.63, 3.8) is 0 Å². The lowest BCUT2D eigenvalue weighted by molar-refractivity contribution is -0.146. The minimum Gasteiger partial charge on any atom is -0.465 e. The van der Waals surface area contributed by atoms with E-state index in [4.69, 9.17) is 4.74 Å². The summed E-state index contributed by atoms with van der Waals surface area (Å²) in [6.07, 6.45) is 0.502. The Morgan fingerprint density at radius 3 is 2.50 bits per heavy atom. The second-order valence-corrected chi connectivity index (χ2v) is 3.74. The number of esters is 1. The largest absolute Gasteiger partial charge is 0.465 e. The molecule has 0 aromatic rings. The number of aliphatic hydroxyl groups is 1. The van der Waals surface area contributed by atoms with Crippen LogP contribution in [0.2, 0.25) is 0 Å². The molecule has 0 aliphatic rings. The molecule has 3 nitrogen and oxygen atoms in total. The predicted molar refractivity (Wildman–Crippen MR) is 50.3 cm³/mol. The van der Waals surface area contributed by atoms with E-state index >= 15 is 0 Å². The van der Waals surface area contributed by atoms with Gasteiger partial charge in [-0.2, -0.15) is 0 Å². The van der Waals surface area contributed by atoms with Gasteiger partial charge in [0, 0.05) is 0 Å². The van der Waals surface area contributed by atoms with E-state index in [1.54, 1.807) is 13.8 Å². The molecule has 0 radical (unpaired) electrons. The lowest BCUT2D eigenvalue weighted by atomic mass is 9.99.